The SMILES string of the molecule is CCCNC(=O)CN(CCC)C(=O)c1cc(-c2ccco2)n(-c2ccc(Cl)cc2)n1. The standard InChI is InChI=1S/C22H25ClN4O3/c1-3-11-24-21(28)15-26(12-4-2)22(29)18-14-19(20-6-5-13-30-20)27(25-18)17-9-7-16(23)8-10-17/h5-10,13-14H,3-4,11-12,15H2,1-2H3,(H,24,28). The summed E-state index contributed by atoms with van der Waals surface area (Å²) in [5.74, 6) is 0.102. The van der Waals surface area contributed by atoms with Crippen LogP contribution in [0.1, 0.15) is 37.2 Å². The molecule has 0 bridgehead atoms. The Morgan fingerprint density at radius 2 is 1.93 bits per heavy atom. The van der Waals surface area contributed by atoms with Gasteiger partial charge in [0.05, 0.1) is 18.5 Å². The average molecular weight is 429 g/mol. The lowest BCUT2D eigenvalue weighted by Gasteiger charge is -2.20. The minimum atomic E-state index is -0.302. The van der Waals surface area contributed by atoms with Gasteiger partial charge in [-0.05, 0) is 49.2 Å². The van der Waals surface area contributed by atoms with Crippen LogP contribution in [0, 0.1) is 0 Å². The molecule has 0 fully saturated rings. The van der Waals surface area contributed by atoms with Crippen molar-refractivity contribution in [3.63, 3.8) is 0 Å². The number of nitrogens with one attached hydrogen (secondary N) is 1. The molecule has 0 spiro atoms. The van der Waals surface area contributed by atoms with Crippen LogP contribution in [-0.4, -0.2) is 46.1 Å². The van der Waals surface area contributed by atoms with Gasteiger partial charge in [0.1, 0.15) is 5.69 Å². The number of rotatable bonds is 9. The molecule has 0 aliphatic heterocycles. The Balaban J connectivity index is 1.94. The first-order valence-corrected chi connectivity index (χ1v) is 10.4. The molecule has 1 N–H and O–H groups in total. The van der Waals surface area contributed by atoms with Gasteiger partial charge in [-0.15, -0.1) is 0 Å². The van der Waals surface area contributed by atoms with Gasteiger partial charge in [0.25, 0.3) is 5.91 Å². The van der Waals surface area contributed by atoms with Gasteiger partial charge in [-0.25, -0.2) is 4.68 Å². The predicted molar refractivity (Wildman–Crippen MR) is 116 cm³/mol. The fraction of sp³-hybridized carbons (Fsp3) is 0.318. The highest BCUT2D eigenvalue weighted by Gasteiger charge is 2.24. The van der Waals surface area contributed by atoms with Crippen molar-refractivity contribution < 1.29 is 14.0 Å². The van der Waals surface area contributed by atoms with E-state index >= 15 is 0 Å². The lowest BCUT2D eigenvalue weighted by atomic mass is 10.2. The number of carbonyl (C=O) groups is 2. The first kappa shape index (κ1) is 21.6. The smallest absolute Gasteiger partial charge is 0.274 e. The summed E-state index contributed by atoms with van der Waals surface area (Å²) in [4.78, 5) is 26.9. The van der Waals surface area contributed by atoms with Gasteiger partial charge in [0.15, 0.2) is 11.5 Å². The van der Waals surface area contributed by atoms with E-state index in [2.05, 4.69) is 10.4 Å². The van der Waals surface area contributed by atoms with Crippen molar-refractivity contribution in [1.82, 2.24) is 20.0 Å². The zero-order chi connectivity index (χ0) is 21.5. The van der Waals surface area contributed by atoms with Crippen molar-refractivity contribution in [2.45, 2.75) is 26.7 Å². The highest BCUT2D eigenvalue weighted by molar-refractivity contribution is 6.30. The fourth-order valence-electron chi connectivity index (χ4n) is 3.04. The molecule has 8 heteroatoms. The first-order chi connectivity index (χ1) is 14.5. The molecule has 0 saturated heterocycles. The normalized spacial score (nSPS) is 10.8. The summed E-state index contributed by atoms with van der Waals surface area (Å²) in [6.07, 6.45) is 3.14. The van der Waals surface area contributed by atoms with Crippen LogP contribution in [0.3, 0.4) is 0 Å². The van der Waals surface area contributed by atoms with E-state index in [9.17, 15) is 9.59 Å². The number of carbonyl (C=O) groups excluding carboxylic acids is 2. The van der Waals surface area contributed by atoms with E-state index in [4.69, 9.17) is 16.0 Å². The minimum absolute atomic E-state index is 0.00341. The van der Waals surface area contributed by atoms with Crippen molar-refractivity contribution >= 4 is 23.4 Å². The Morgan fingerprint density at radius 3 is 2.57 bits per heavy atom. The third-order valence-electron chi connectivity index (χ3n) is 4.46. The highest BCUT2D eigenvalue weighted by atomic mass is 35.5. The number of halogens is 1. The molecule has 158 valence electrons. The molecule has 0 aliphatic carbocycles. The molecule has 1 aromatic carbocycles. The van der Waals surface area contributed by atoms with E-state index in [0.29, 0.717) is 29.6 Å². The van der Waals surface area contributed by atoms with Gasteiger partial charge in [-0.1, -0.05) is 25.4 Å². The maximum absolute atomic E-state index is 13.2. The van der Waals surface area contributed by atoms with E-state index in [1.807, 2.05) is 26.0 Å². The van der Waals surface area contributed by atoms with Crippen molar-refractivity contribution in [3.05, 3.63) is 59.4 Å². The number of hydrogen-bond acceptors (Lipinski definition) is 4. The number of aromatic nitrogens is 2. The lowest BCUT2D eigenvalue weighted by molar-refractivity contribution is -0.121. The Bertz CT molecular complexity index is 980. The molecule has 3 rings (SSSR count). The van der Waals surface area contributed by atoms with Gasteiger partial charge in [-0.2, -0.15) is 5.10 Å². The molecule has 30 heavy (non-hydrogen) atoms. The predicted octanol–water partition coefficient (Wildman–Crippen LogP) is 4.16. The number of benzene rings is 1. The highest BCUT2D eigenvalue weighted by Crippen LogP contribution is 2.26. The number of nitrogens with zero attached hydrogens (tertiary/aromatic N) is 3. The summed E-state index contributed by atoms with van der Waals surface area (Å²) >= 11 is 6.01. The summed E-state index contributed by atoms with van der Waals surface area (Å²) in [6.45, 7) is 4.99. The second-order valence-electron chi connectivity index (χ2n) is 6.86. The molecule has 7 nitrogen and oxygen atoms in total. The van der Waals surface area contributed by atoms with E-state index in [-0.39, 0.29) is 24.1 Å². The fourth-order valence-corrected chi connectivity index (χ4v) is 3.17. The molecule has 0 aliphatic rings. The molecular weight excluding hydrogens is 404 g/mol. The zero-order valence-corrected chi connectivity index (χ0v) is 17.9. The number of furan rings is 1. The molecule has 0 atom stereocenters. The quantitative estimate of drug-likeness (QED) is 0.554. The summed E-state index contributed by atoms with van der Waals surface area (Å²) < 4.78 is 7.18. The lowest BCUT2D eigenvalue weighted by Crippen LogP contribution is -2.41. The van der Waals surface area contributed by atoms with Crippen LogP contribution in [-0.2, 0) is 4.79 Å². The van der Waals surface area contributed by atoms with E-state index in [1.165, 1.54) is 4.90 Å². The number of amides is 2. The van der Waals surface area contributed by atoms with Gasteiger partial charge >= 0.3 is 0 Å². The van der Waals surface area contributed by atoms with Crippen LogP contribution in [0.2, 0.25) is 5.02 Å². The van der Waals surface area contributed by atoms with Crippen LogP contribution >= 0.6 is 11.6 Å². The molecule has 2 aromatic heterocycles. The Morgan fingerprint density at radius 1 is 1.17 bits per heavy atom. The summed E-state index contributed by atoms with van der Waals surface area (Å²) in [5.41, 5.74) is 1.62. The van der Waals surface area contributed by atoms with Crippen molar-refractivity contribution in [2.75, 3.05) is 19.6 Å². The molecule has 0 unspecified atom stereocenters. The Hall–Kier alpha value is -3.06. The van der Waals surface area contributed by atoms with Crippen molar-refractivity contribution in [2.24, 2.45) is 0 Å². The van der Waals surface area contributed by atoms with Crippen molar-refractivity contribution in [1.29, 1.82) is 0 Å². The molecule has 2 amide bonds. The van der Waals surface area contributed by atoms with E-state index in [0.717, 1.165) is 18.5 Å². The summed E-state index contributed by atoms with van der Waals surface area (Å²) in [7, 11) is 0. The average Bonchev–Trinajstić information content (AvgIpc) is 3.42. The van der Waals surface area contributed by atoms with Crippen LogP contribution in [0.4, 0.5) is 0 Å². The zero-order valence-electron chi connectivity index (χ0n) is 17.1. The van der Waals surface area contributed by atoms with E-state index < -0.39 is 0 Å². The second kappa shape index (κ2) is 10.1. The molecule has 3 aromatic rings. The molecule has 0 saturated carbocycles. The first-order valence-electron chi connectivity index (χ1n) is 9.99. The largest absolute Gasteiger partial charge is 0.463 e. The van der Waals surface area contributed by atoms with E-state index in [1.54, 1.807) is 41.3 Å². The third-order valence-corrected chi connectivity index (χ3v) is 4.71. The van der Waals surface area contributed by atoms with Crippen LogP contribution in [0.5, 0.6) is 0 Å². The topological polar surface area (TPSA) is 80.4 Å². The van der Waals surface area contributed by atoms with Crippen LogP contribution in [0.15, 0.2) is 53.1 Å². The Labute approximate surface area is 180 Å². The third kappa shape index (κ3) is 5.10. The van der Waals surface area contributed by atoms with Gasteiger partial charge < -0.3 is 14.6 Å². The molecular formula is C22H25ClN4O3. The molecule has 2 heterocycles. The monoisotopic (exact) mass is 428 g/mol. The molecule has 0 radical (unpaired) electrons. The number of hydrogen-bond donors (Lipinski definition) is 1. The summed E-state index contributed by atoms with van der Waals surface area (Å²) in [5, 5.41) is 7.95. The van der Waals surface area contributed by atoms with Gasteiger partial charge in [0, 0.05) is 24.2 Å². The second-order valence-corrected chi connectivity index (χ2v) is 7.29. The van der Waals surface area contributed by atoms with Gasteiger partial charge in [-0.3, -0.25) is 9.59 Å². The summed E-state index contributed by atoms with van der Waals surface area (Å²) in [6, 6.07) is 12.4. The van der Waals surface area contributed by atoms with Crippen molar-refractivity contribution in [3.8, 4) is 17.1 Å². The maximum Gasteiger partial charge on any atom is 0.274 e. The minimum Gasteiger partial charge on any atom is -0.463 e. The van der Waals surface area contributed by atoms with Crippen LogP contribution in [0.25, 0.3) is 17.1 Å². The maximum atomic E-state index is 13.2. The van der Waals surface area contributed by atoms with Crippen LogP contribution < -0.4 is 5.32 Å². The van der Waals surface area contributed by atoms with Gasteiger partial charge in [0.2, 0.25) is 5.91 Å². The Kier molecular flexibility index (Phi) is 7.30.